The lowest BCUT2D eigenvalue weighted by atomic mass is 10.0. The molecule has 0 aliphatic carbocycles. The van der Waals surface area contributed by atoms with Crippen molar-refractivity contribution in [3.63, 3.8) is 0 Å². The van der Waals surface area contributed by atoms with Gasteiger partial charge in [-0.3, -0.25) is 9.78 Å². The summed E-state index contributed by atoms with van der Waals surface area (Å²) >= 11 is 0. The normalized spacial score (nSPS) is 11.9. The van der Waals surface area contributed by atoms with Gasteiger partial charge in [0.05, 0.1) is 28.7 Å². The summed E-state index contributed by atoms with van der Waals surface area (Å²) in [6.45, 7) is 4.61. The molecule has 184 valence electrons. The molecule has 8 nitrogen and oxygen atoms in total. The molecule has 0 unspecified atom stereocenters. The zero-order valence-corrected chi connectivity index (χ0v) is 19.4. The molecule has 4 aromatic heterocycles. The fourth-order valence-electron chi connectivity index (χ4n) is 4.40. The SMILES string of the molecule is CCNc1cc(C)cc2c1[nH]c1ncc(-c3cncc(CC(N)=O)c3)c(-n3ccc(C(F)(F)F)n3)c12. The first-order valence-corrected chi connectivity index (χ1v) is 11.2. The largest absolute Gasteiger partial charge is 0.435 e. The minimum Gasteiger partial charge on any atom is -0.384 e. The Balaban J connectivity index is 1.86. The van der Waals surface area contributed by atoms with E-state index in [1.807, 2.05) is 26.0 Å². The van der Waals surface area contributed by atoms with Crippen molar-refractivity contribution in [1.29, 1.82) is 0 Å². The number of hydrogen-bond acceptors (Lipinski definition) is 5. The minimum absolute atomic E-state index is 0.0236. The predicted molar refractivity (Wildman–Crippen MR) is 131 cm³/mol. The van der Waals surface area contributed by atoms with E-state index in [4.69, 9.17) is 5.73 Å². The second-order valence-corrected chi connectivity index (χ2v) is 8.50. The quantitative estimate of drug-likeness (QED) is 0.316. The number of hydrogen-bond donors (Lipinski definition) is 3. The van der Waals surface area contributed by atoms with Crippen molar-refractivity contribution < 1.29 is 18.0 Å². The van der Waals surface area contributed by atoms with Crippen molar-refractivity contribution in [1.82, 2.24) is 24.7 Å². The first-order chi connectivity index (χ1) is 17.2. The highest BCUT2D eigenvalue weighted by Crippen LogP contribution is 2.39. The van der Waals surface area contributed by atoms with Crippen LogP contribution in [-0.2, 0) is 17.4 Å². The summed E-state index contributed by atoms with van der Waals surface area (Å²) in [5.74, 6) is -0.521. The van der Waals surface area contributed by atoms with Crippen LogP contribution in [0.2, 0.25) is 0 Å². The molecule has 0 bridgehead atoms. The predicted octanol–water partition coefficient (Wildman–Crippen LogP) is 4.75. The average Bonchev–Trinajstić information content (AvgIpc) is 3.44. The van der Waals surface area contributed by atoms with Crippen LogP contribution in [0, 0.1) is 6.92 Å². The van der Waals surface area contributed by atoms with Gasteiger partial charge in [-0.25, -0.2) is 9.67 Å². The van der Waals surface area contributed by atoms with Crippen LogP contribution in [0.5, 0.6) is 0 Å². The number of aryl methyl sites for hydroxylation is 1. The van der Waals surface area contributed by atoms with E-state index in [-0.39, 0.29) is 6.42 Å². The van der Waals surface area contributed by atoms with Crippen LogP contribution < -0.4 is 11.1 Å². The second-order valence-electron chi connectivity index (χ2n) is 8.50. The summed E-state index contributed by atoms with van der Waals surface area (Å²) in [6, 6.07) is 6.61. The molecule has 36 heavy (non-hydrogen) atoms. The van der Waals surface area contributed by atoms with E-state index in [0.29, 0.717) is 40.0 Å². The van der Waals surface area contributed by atoms with E-state index in [1.165, 1.54) is 17.1 Å². The highest BCUT2D eigenvalue weighted by atomic mass is 19.4. The van der Waals surface area contributed by atoms with Gasteiger partial charge < -0.3 is 16.0 Å². The van der Waals surface area contributed by atoms with Gasteiger partial charge in [0.2, 0.25) is 5.91 Å². The molecule has 4 heterocycles. The summed E-state index contributed by atoms with van der Waals surface area (Å²) in [7, 11) is 0. The monoisotopic (exact) mass is 493 g/mol. The van der Waals surface area contributed by atoms with Crippen molar-refractivity contribution in [2.45, 2.75) is 26.4 Å². The molecule has 5 rings (SSSR count). The third-order valence-electron chi connectivity index (χ3n) is 5.81. The lowest BCUT2D eigenvalue weighted by molar-refractivity contribution is -0.141. The Morgan fingerprint density at radius 1 is 1.19 bits per heavy atom. The summed E-state index contributed by atoms with van der Waals surface area (Å²) in [6.07, 6.45) is 1.30. The second kappa shape index (κ2) is 8.67. The molecule has 0 fully saturated rings. The highest BCUT2D eigenvalue weighted by Gasteiger charge is 2.34. The molecule has 0 saturated heterocycles. The fourth-order valence-corrected chi connectivity index (χ4v) is 4.40. The number of fused-ring (bicyclic) bond motifs is 3. The molecule has 0 aliphatic heterocycles. The van der Waals surface area contributed by atoms with Gasteiger partial charge >= 0.3 is 6.18 Å². The number of pyridine rings is 2. The number of alkyl halides is 3. The third kappa shape index (κ3) is 4.12. The zero-order chi connectivity index (χ0) is 25.6. The number of carbonyl (C=O) groups excluding carboxylic acids is 1. The summed E-state index contributed by atoms with van der Waals surface area (Å²) in [5.41, 5.74) is 9.50. The number of nitrogens with zero attached hydrogens (tertiary/aromatic N) is 4. The van der Waals surface area contributed by atoms with Crippen molar-refractivity contribution in [3.05, 3.63) is 65.9 Å². The molecule has 0 atom stereocenters. The molecule has 1 aromatic carbocycles. The number of amides is 1. The number of aromatic amines is 1. The fraction of sp³-hybridized carbons (Fsp3) is 0.200. The van der Waals surface area contributed by atoms with Gasteiger partial charge in [-0.05, 0) is 49.2 Å². The number of H-pyrrole nitrogens is 1. The third-order valence-corrected chi connectivity index (χ3v) is 5.81. The summed E-state index contributed by atoms with van der Waals surface area (Å²) in [4.78, 5) is 23.6. The van der Waals surface area contributed by atoms with E-state index < -0.39 is 17.8 Å². The van der Waals surface area contributed by atoms with E-state index in [0.717, 1.165) is 28.2 Å². The Morgan fingerprint density at radius 3 is 2.69 bits per heavy atom. The Bertz CT molecular complexity index is 1620. The zero-order valence-electron chi connectivity index (χ0n) is 19.4. The highest BCUT2D eigenvalue weighted by molar-refractivity contribution is 6.15. The number of rotatable bonds is 6. The first kappa shape index (κ1) is 23.3. The molecule has 5 aromatic rings. The number of anilines is 1. The van der Waals surface area contributed by atoms with Crippen LogP contribution in [0.1, 0.15) is 23.7 Å². The van der Waals surface area contributed by atoms with E-state index >= 15 is 0 Å². The number of nitrogens with two attached hydrogens (primary N) is 1. The molecule has 1 amide bonds. The Labute approximate surface area is 203 Å². The van der Waals surface area contributed by atoms with Crippen molar-refractivity contribution in [2.24, 2.45) is 5.73 Å². The summed E-state index contributed by atoms with van der Waals surface area (Å²) in [5, 5.41) is 8.59. The van der Waals surface area contributed by atoms with Gasteiger partial charge in [0.15, 0.2) is 5.69 Å². The lowest BCUT2D eigenvalue weighted by Gasteiger charge is -2.13. The molecular formula is C25H22F3N7O. The van der Waals surface area contributed by atoms with Crippen LogP contribution >= 0.6 is 0 Å². The van der Waals surface area contributed by atoms with Crippen LogP contribution in [0.15, 0.2) is 49.1 Å². The van der Waals surface area contributed by atoms with Crippen LogP contribution in [-0.4, -0.2) is 37.2 Å². The van der Waals surface area contributed by atoms with E-state index in [2.05, 4.69) is 25.4 Å². The van der Waals surface area contributed by atoms with Crippen LogP contribution in [0.3, 0.4) is 0 Å². The van der Waals surface area contributed by atoms with E-state index in [1.54, 1.807) is 18.5 Å². The van der Waals surface area contributed by atoms with Gasteiger partial charge in [-0.2, -0.15) is 18.3 Å². The Kier molecular flexibility index (Phi) is 5.62. The maximum Gasteiger partial charge on any atom is 0.435 e. The molecule has 0 radical (unpaired) electrons. The van der Waals surface area contributed by atoms with E-state index in [9.17, 15) is 18.0 Å². The summed E-state index contributed by atoms with van der Waals surface area (Å²) < 4.78 is 41.6. The lowest BCUT2D eigenvalue weighted by Crippen LogP contribution is -2.13. The maximum absolute atomic E-state index is 13.5. The molecular weight excluding hydrogens is 471 g/mol. The van der Waals surface area contributed by atoms with Crippen LogP contribution in [0.4, 0.5) is 18.9 Å². The number of nitrogens with one attached hydrogen (secondary N) is 2. The molecule has 0 saturated carbocycles. The number of benzene rings is 1. The van der Waals surface area contributed by atoms with Crippen molar-refractivity contribution >= 4 is 33.5 Å². The topological polar surface area (TPSA) is 115 Å². The molecule has 0 aliphatic rings. The number of halogens is 3. The number of carbonyl (C=O) groups is 1. The van der Waals surface area contributed by atoms with Gasteiger partial charge in [0.1, 0.15) is 5.65 Å². The molecule has 11 heteroatoms. The van der Waals surface area contributed by atoms with Gasteiger partial charge in [0.25, 0.3) is 0 Å². The Morgan fingerprint density at radius 2 is 2.00 bits per heavy atom. The first-order valence-electron chi connectivity index (χ1n) is 11.2. The van der Waals surface area contributed by atoms with Crippen molar-refractivity contribution in [2.75, 3.05) is 11.9 Å². The molecule has 0 spiro atoms. The van der Waals surface area contributed by atoms with Crippen LogP contribution in [0.25, 0.3) is 38.8 Å². The Hall–Kier alpha value is -4.41. The number of aromatic nitrogens is 5. The number of primary amides is 1. The van der Waals surface area contributed by atoms with Gasteiger partial charge in [-0.1, -0.05) is 0 Å². The van der Waals surface area contributed by atoms with Crippen molar-refractivity contribution in [3.8, 4) is 16.8 Å². The maximum atomic E-state index is 13.5. The standard InChI is InChI=1S/C25H22F3N7O/c1-3-31-18-7-13(2)6-16-21-23(35-5-4-19(34-35)25(26,27)28)17(12-32-24(21)33-22(16)18)15-8-14(9-20(29)36)10-30-11-15/h4-8,10-12,31H,3,9H2,1-2H3,(H2,29,36)(H,32,33). The van der Waals surface area contributed by atoms with Gasteiger partial charge in [-0.15, -0.1) is 0 Å². The smallest absolute Gasteiger partial charge is 0.384 e. The van der Waals surface area contributed by atoms with Gasteiger partial charge in [0, 0.05) is 47.8 Å². The minimum atomic E-state index is -4.60. The average molecular weight is 493 g/mol. The molecule has 4 N–H and O–H groups in total.